The number of halogens is 4. The van der Waals surface area contributed by atoms with E-state index in [0.29, 0.717) is 12.1 Å². The second-order valence-electron chi connectivity index (χ2n) is 4.80. The van der Waals surface area contributed by atoms with Gasteiger partial charge >= 0.3 is 18.1 Å². The number of hydrogen-bond acceptors (Lipinski definition) is 4. The van der Waals surface area contributed by atoms with E-state index in [1.165, 1.54) is 0 Å². The van der Waals surface area contributed by atoms with Crippen molar-refractivity contribution in [2.75, 3.05) is 5.73 Å². The molecule has 0 aliphatic carbocycles. The molecule has 132 valence electrons. The number of anilines is 1. The molecule has 0 amide bonds. The van der Waals surface area contributed by atoms with E-state index >= 15 is 0 Å². The Hall–Kier alpha value is -3.37. The van der Waals surface area contributed by atoms with E-state index in [1.54, 1.807) is 4.98 Å². The Balaban J connectivity index is 2.94. The van der Waals surface area contributed by atoms with Gasteiger partial charge < -0.3 is 20.9 Å². The maximum atomic E-state index is 14.2. The molecule has 0 saturated heterocycles. The first-order chi connectivity index (χ1) is 11.4. The van der Waals surface area contributed by atoms with Crippen LogP contribution < -0.4 is 11.3 Å². The van der Waals surface area contributed by atoms with Gasteiger partial charge in [-0.1, -0.05) is 6.07 Å². The van der Waals surface area contributed by atoms with Gasteiger partial charge in [-0.05, 0) is 12.1 Å². The number of carbonyl (C=O) groups is 2. The third-order valence-corrected chi connectivity index (χ3v) is 3.24. The number of pyridine rings is 1. The number of nitrogens with one attached hydrogen (secondary N) is 1. The van der Waals surface area contributed by atoms with Crippen LogP contribution in [0.1, 0.15) is 26.3 Å². The molecule has 0 bridgehead atoms. The predicted molar refractivity (Wildman–Crippen MR) is 75.8 cm³/mol. The van der Waals surface area contributed by atoms with Crippen molar-refractivity contribution in [1.82, 2.24) is 4.98 Å². The molecule has 0 atom stereocenters. The lowest BCUT2D eigenvalue weighted by Gasteiger charge is -2.14. The van der Waals surface area contributed by atoms with Gasteiger partial charge in [0, 0.05) is 11.1 Å². The van der Waals surface area contributed by atoms with Crippen molar-refractivity contribution in [3.8, 4) is 11.1 Å². The minimum atomic E-state index is -4.88. The second kappa shape index (κ2) is 5.92. The zero-order chi connectivity index (χ0) is 19.1. The van der Waals surface area contributed by atoms with Gasteiger partial charge in [0.1, 0.15) is 22.8 Å². The maximum Gasteiger partial charge on any atom is 0.416 e. The van der Waals surface area contributed by atoms with E-state index in [-0.39, 0.29) is 6.07 Å². The quantitative estimate of drug-likeness (QED) is 0.620. The number of carboxylic acids is 2. The molecule has 0 radical (unpaired) electrons. The fourth-order valence-electron chi connectivity index (χ4n) is 2.21. The van der Waals surface area contributed by atoms with Crippen LogP contribution in [0.3, 0.4) is 0 Å². The summed E-state index contributed by atoms with van der Waals surface area (Å²) in [5.41, 5.74) is -1.21. The third kappa shape index (κ3) is 3.16. The lowest BCUT2D eigenvalue weighted by molar-refractivity contribution is -0.137. The van der Waals surface area contributed by atoms with Gasteiger partial charge in [-0.2, -0.15) is 13.2 Å². The van der Waals surface area contributed by atoms with Crippen molar-refractivity contribution in [1.29, 1.82) is 0 Å². The van der Waals surface area contributed by atoms with Crippen molar-refractivity contribution in [3.63, 3.8) is 0 Å². The van der Waals surface area contributed by atoms with Crippen LogP contribution >= 0.6 is 0 Å². The van der Waals surface area contributed by atoms with Gasteiger partial charge in [0.15, 0.2) is 0 Å². The van der Waals surface area contributed by atoms with Crippen LogP contribution in [0, 0.1) is 5.82 Å². The van der Waals surface area contributed by atoms with E-state index in [1.807, 2.05) is 0 Å². The zero-order valence-corrected chi connectivity index (χ0v) is 11.9. The molecule has 0 aliphatic rings. The van der Waals surface area contributed by atoms with Gasteiger partial charge in [-0.15, -0.1) is 0 Å². The topological polar surface area (TPSA) is 133 Å². The first-order valence-electron chi connectivity index (χ1n) is 6.34. The molecule has 11 heteroatoms. The van der Waals surface area contributed by atoms with Gasteiger partial charge in [0.05, 0.1) is 5.56 Å². The Kier molecular flexibility index (Phi) is 4.26. The van der Waals surface area contributed by atoms with Crippen LogP contribution in [-0.2, 0) is 6.18 Å². The fraction of sp³-hybridized carbons (Fsp3) is 0.0714. The van der Waals surface area contributed by atoms with Gasteiger partial charge in [0.25, 0.3) is 5.56 Å². The van der Waals surface area contributed by atoms with E-state index in [9.17, 15) is 37.1 Å². The molecule has 0 aliphatic heterocycles. The molecule has 1 aromatic heterocycles. The smallest absolute Gasteiger partial charge is 0.416 e. The molecule has 0 saturated carbocycles. The predicted octanol–water partition coefficient (Wildman–Crippen LogP) is 2.18. The largest absolute Gasteiger partial charge is 0.478 e. The van der Waals surface area contributed by atoms with E-state index in [4.69, 9.17) is 10.8 Å². The lowest BCUT2D eigenvalue weighted by Crippen LogP contribution is -2.24. The van der Waals surface area contributed by atoms with Crippen LogP contribution in [0.2, 0.25) is 0 Å². The minimum absolute atomic E-state index is 0.0595. The van der Waals surface area contributed by atoms with Gasteiger partial charge in [-0.3, -0.25) is 4.79 Å². The highest BCUT2D eigenvalue weighted by Crippen LogP contribution is 2.35. The molecule has 1 aromatic carbocycles. The number of alkyl halides is 3. The van der Waals surface area contributed by atoms with Crippen LogP contribution in [0.25, 0.3) is 11.1 Å². The Bertz CT molecular complexity index is 949. The third-order valence-electron chi connectivity index (χ3n) is 3.24. The summed E-state index contributed by atoms with van der Waals surface area (Å²) in [6.07, 6.45) is -4.88. The Morgan fingerprint density at radius 1 is 1.08 bits per heavy atom. The van der Waals surface area contributed by atoms with Crippen molar-refractivity contribution in [2.24, 2.45) is 0 Å². The van der Waals surface area contributed by atoms with Crippen LogP contribution in [0.5, 0.6) is 0 Å². The highest BCUT2D eigenvalue weighted by molar-refractivity contribution is 6.07. The Morgan fingerprint density at radius 3 is 2.08 bits per heavy atom. The summed E-state index contributed by atoms with van der Waals surface area (Å²) >= 11 is 0. The molecule has 25 heavy (non-hydrogen) atoms. The van der Waals surface area contributed by atoms with Crippen molar-refractivity contribution >= 4 is 17.8 Å². The van der Waals surface area contributed by atoms with E-state index < -0.39 is 63.1 Å². The minimum Gasteiger partial charge on any atom is -0.478 e. The normalized spacial score (nSPS) is 11.4. The second-order valence-corrected chi connectivity index (χ2v) is 4.80. The summed E-state index contributed by atoms with van der Waals surface area (Å²) in [6.45, 7) is 0. The summed E-state index contributed by atoms with van der Waals surface area (Å²) in [5, 5.41) is 18.3. The number of hydrogen-bond donors (Lipinski definition) is 4. The summed E-state index contributed by atoms with van der Waals surface area (Å²) in [6, 6.07) is 1.02. The average molecular weight is 360 g/mol. The number of rotatable bonds is 3. The SMILES string of the molecule is Nc1[nH]c(=O)c(C(=O)O)c(-c2ccc(C(F)(F)F)cc2F)c1C(=O)O. The summed E-state index contributed by atoms with van der Waals surface area (Å²) in [4.78, 5) is 36.2. The highest BCUT2D eigenvalue weighted by atomic mass is 19.4. The number of aromatic nitrogens is 1. The molecule has 1 heterocycles. The monoisotopic (exact) mass is 360 g/mol. The molecular weight excluding hydrogens is 352 g/mol. The van der Waals surface area contributed by atoms with Crippen LogP contribution in [0.4, 0.5) is 23.4 Å². The lowest BCUT2D eigenvalue weighted by atomic mass is 9.94. The summed E-state index contributed by atoms with van der Waals surface area (Å²) < 4.78 is 52.0. The van der Waals surface area contributed by atoms with E-state index in [2.05, 4.69) is 0 Å². The van der Waals surface area contributed by atoms with Crippen molar-refractivity contribution in [2.45, 2.75) is 6.18 Å². The first kappa shape index (κ1) is 18.0. The molecule has 5 N–H and O–H groups in total. The Morgan fingerprint density at radius 2 is 1.64 bits per heavy atom. The Labute approximate surface area is 135 Å². The molecule has 2 aromatic rings. The van der Waals surface area contributed by atoms with Crippen LogP contribution in [0.15, 0.2) is 23.0 Å². The number of aromatic carboxylic acids is 2. The molecular formula is C14H8F4N2O5. The molecule has 2 rings (SSSR count). The molecule has 0 spiro atoms. The number of benzene rings is 1. The summed E-state index contributed by atoms with van der Waals surface area (Å²) in [7, 11) is 0. The average Bonchev–Trinajstić information content (AvgIpc) is 2.44. The number of nitrogens with two attached hydrogens (primary N) is 1. The molecule has 0 fully saturated rings. The van der Waals surface area contributed by atoms with E-state index in [0.717, 1.165) is 0 Å². The zero-order valence-electron chi connectivity index (χ0n) is 11.9. The first-order valence-corrected chi connectivity index (χ1v) is 6.34. The summed E-state index contributed by atoms with van der Waals surface area (Å²) in [5.74, 6) is -6.04. The van der Waals surface area contributed by atoms with Gasteiger partial charge in [0.2, 0.25) is 0 Å². The number of carboxylic acid groups (broad SMARTS) is 2. The van der Waals surface area contributed by atoms with Crippen LogP contribution in [-0.4, -0.2) is 27.1 Å². The highest BCUT2D eigenvalue weighted by Gasteiger charge is 2.33. The van der Waals surface area contributed by atoms with Crippen molar-refractivity contribution in [3.05, 3.63) is 51.1 Å². The molecule has 7 nitrogen and oxygen atoms in total. The number of aromatic amines is 1. The number of nitrogen functional groups attached to an aromatic ring is 1. The van der Waals surface area contributed by atoms with Gasteiger partial charge in [-0.25, -0.2) is 14.0 Å². The molecule has 0 unspecified atom stereocenters. The van der Waals surface area contributed by atoms with Crippen molar-refractivity contribution < 1.29 is 37.4 Å². The number of H-pyrrole nitrogens is 1. The fourth-order valence-corrected chi connectivity index (χ4v) is 2.21. The standard InChI is InChI=1S/C14H8F4N2O5/c15-6-3-4(14(16,17)18)1-2-5(6)7-8(12(22)23)10(19)20-11(21)9(7)13(24)25/h1-3H,(H,22,23)(H,24,25)(H3,19,20,21). The maximum absolute atomic E-state index is 14.2.